The van der Waals surface area contributed by atoms with Crippen molar-refractivity contribution in [3.63, 3.8) is 0 Å². The summed E-state index contributed by atoms with van der Waals surface area (Å²) in [4.78, 5) is 27.2. The molecule has 6 nitrogen and oxygen atoms in total. The van der Waals surface area contributed by atoms with E-state index >= 15 is 0 Å². The summed E-state index contributed by atoms with van der Waals surface area (Å²) >= 11 is 0. The van der Waals surface area contributed by atoms with E-state index in [1.54, 1.807) is 11.0 Å². The highest BCUT2D eigenvalue weighted by atomic mass is 16.6. The molecule has 1 amide bonds. The highest BCUT2D eigenvalue weighted by Crippen LogP contribution is 2.19. The van der Waals surface area contributed by atoms with Crippen LogP contribution in [-0.4, -0.2) is 55.9 Å². The molecule has 0 N–H and O–H groups in total. The van der Waals surface area contributed by atoms with Crippen molar-refractivity contribution >= 4 is 23.8 Å². The maximum absolute atomic E-state index is 12.1. The van der Waals surface area contributed by atoms with E-state index in [2.05, 4.69) is 9.64 Å². The number of piperazine rings is 1. The van der Waals surface area contributed by atoms with Gasteiger partial charge in [-0.15, -0.1) is 0 Å². The van der Waals surface area contributed by atoms with Crippen molar-refractivity contribution in [3.8, 4) is 0 Å². The number of methoxy groups -OCH3 is 1. The Morgan fingerprint density at radius 3 is 2.16 bits per heavy atom. The molecule has 136 valence electrons. The maximum Gasteiger partial charge on any atom is 0.410 e. The molecular formula is C19H26N2O4. The van der Waals surface area contributed by atoms with Gasteiger partial charge in [0.2, 0.25) is 0 Å². The zero-order chi connectivity index (χ0) is 18.4. The molecular weight excluding hydrogens is 320 g/mol. The smallest absolute Gasteiger partial charge is 0.410 e. The van der Waals surface area contributed by atoms with Gasteiger partial charge < -0.3 is 19.3 Å². The van der Waals surface area contributed by atoms with Crippen LogP contribution in [0.1, 0.15) is 26.3 Å². The second kappa shape index (κ2) is 8.05. The number of esters is 1. The minimum Gasteiger partial charge on any atom is -0.466 e. The van der Waals surface area contributed by atoms with E-state index in [1.165, 1.54) is 13.2 Å². The summed E-state index contributed by atoms with van der Waals surface area (Å²) in [5.41, 5.74) is 1.56. The average molecular weight is 346 g/mol. The Kier molecular flexibility index (Phi) is 6.07. The molecule has 1 aliphatic heterocycles. The lowest BCUT2D eigenvalue weighted by Gasteiger charge is -2.36. The standard InChI is InChI=1S/C19H26N2O4/c1-19(2,3)25-18(23)21-13-11-20(12-14-21)16-8-5-15(6-9-16)7-10-17(22)24-4/h5-10H,11-14H2,1-4H3. The summed E-state index contributed by atoms with van der Waals surface area (Å²) in [5.74, 6) is -0.373. The van der Waals surface area contributed by atoms with Gasteiger partial charge in [-0.3, -0.25) is 0 Å². The van der Waals surface area contributed by atoms with Crippen molar-refractivity contribution in [1.29, 1.82) is 0 Å². The van der Waals surface area contributed by atoms with Gasteiger partial charge in [0, 0.05) is 37.9 Å². The minimum atomic E-state index is -0.470. The van der Waals surface area contributed by atoms with Gasteiger partial charge >= 0.3 is 12.1 Å². The van der Waals surface area contributed by atoms with Crippen LogP contribution in [0, 0.1) is 0 Å². The molecule has 1 saturated heterocycles. The topological polar surface area (TPSA) is 59.1 Å². The predicted molar refractivity (Wildman–Crippen MR) is 97.5 cm³/mol. The van der Waals surface area contributed by atoms with Gasteiger partial charge in [0.15, 0.2) is 0 Å². The third-order valence-corrected chi connectivity index (χ3v) is 3.80. The van der Waals surface area contributed by atoms with Gasteiger partial charge in [-0.1, -0.05) is 12.1 Å². The summed E-state index contributed by atoms with van der Waals surface area (Å²) in [6.45, 7) is 8.41. The highest BCUT2D eigenvalue weighted by Gasteiger charge is 2.25. The van der Waals surface area contributed by atoms with Gasteiger partial charge in [-0.05, 0) is 44.5 Å². The fourth-order valence-electron chi connectivity index (χ4n) is 2.50. The molecule has 0 radical (unpaired) electrons. The Bertz CT molecular complexity index is 624. The molecule has 6 heteroatoms. The van der Waals surface area contributed by atoms with Gasteiger partial charge in [0.05, 0.1) is 7.11 Å². The Balaban J connectivity index is 1.89. The van der Waals surface area contributed by atoms with Crippen molar-refractivity contribution in [2.75, 3.05) is 38.2 Å². The van der Waals surface area contributed by atoms with Gasteiger partial charge in [-0.2, -0.15) is 0 Å². The second-order valence-corrected chi connectivity index (χ2v) is 6.90. The molecule has 1 heterocycles. The van der Waals surface area contributed by atoms with E-state index in [1.807, 2.05) is 45.0 Å². The third kappa shape index (κ3) is 5.81. The fourth-order valence-corrected chi connectivity index (χ4v) is 2.50. The summed E-state index contributed by atoms with van der Waals surface area (Å²) in [7, 11) is 1.35. The summed E-state index contributed by atoms with van der Waals surface area (Å²) < 4.78 is 9.99. The van der Waals surface area contributed by atoms with Crippen molar-refractivity contribution in [2.45, 2.75) is 26.4 Å². The third-order valence-electron chi connectivity index (χ3n) is 3.80. The quantitative estimate of drug-likeness (QED) is 0.622. The van der Waals surface area contributed by atoms with Crippen LogP contribution in [0.25, 0.3) is 6.08 Å². The first-order chi connectivity index (χ1) is 11.8. The van der Waals surface area contributed by atoms with Crippen LogP contribution in [0.4, 0.5) is 10.5 Å². The highest BCUT2D eigenvalue weighted by molar-refractivity contribution is 5.87. The van der Waals surface area contributed by atoms with E-state index in [4.69, 9.17) is 4.74 Å². The van der Waals surface area contributed by atoms with Gasteiger partial charge in [-0.25, -0.2) is 9.59 Å². The first kappa shape index (κ1) is 18.8. The monoisotopic (exact) mass is 346 g/mol. The molecule has 0 saturated carbocycles. The number of anilines is 1. The average Bonchev–Trinajstić information content (AvgIpc) is 2.59. The lowest BCUT2D eigenvalue weighted by atomic mass is 10.1. The molecule has 1 aromatic rings. The normalized spacial score (nSPS) is 15.4. The number of hydrogen-bond donors (Lipinski definition) is 0. The fraction of sp³-hybridized carbons (Fsp3) is 0.474. The first-order valence-corrected chi connectivity index (χ1v) is 8.37. The lowest BCUT2D eigenvalue weighted by Crippen LogP contribution is -2.50. The number of ether oxygens (including phenoxy) is 2. The molecule has 0 atom stereocenters. The molecule has 1 fully saturated rings. The molecule has 0 aromatic heterocycles. The van der Waals surface area contributed by atoms with Crippen LogP contribution in [0.3, 0.4) is 0 Å². The Hall–Kier alpha value is -2.50. The van der Waals surface area contributed by atoms with E-state index < -0.39 is 5.60 Å². The Labute approximate surface area is 149 Å². The van der Waals surface area contributed by atoms with E-state index in [0.29, 0.717) is 13.1 Å². The number of hydrogen-bond acceptors (Lipinski definition) is 5. The van der Waals surface area contributed by atoms with E-state index in [-0.39, 0.29) is 12.1 Å². The predicted octanol–water partition coefficient (Wildman–Crippen LogP) is 2.93. The summed E-state index contributed by atoms with van der Waals surface area (Å²) in [6, 6.07) is 7.93. The zero-order valence-corrected chi connectivity index (χ0v) is 15.3. The zero-order valence-electron chi connectivity index (χ0n) is 15.3. The molecule has 0 bridgehead atoms. The first-order valence-electron chi connectivity index (χ1n) is 8.37. The van der Waals surface area contributed by atoms with Crippen LogP contribution in [0.5, 0.6) is 0 Å². The van der Waals surface area contributed by atoms with E-state index in [9.17, 15) is 9.59 Å². The Morgan fingerprint density at radius 2 is 1.64 bits per heavy atom. The van der Waals surface area contributed by atoms with Gasteiger partial charge in [0.25, 0.3) is 0 Å². The molecule has 1 aromatic carbocycles. The molecule has 0 spiro atoms. The van der Waals surface area contributed by atoms with Crippen LogP contribution in [0.15, 0.2) is 30.3 Å². The van der Waals surface area contributed by atoms with Crippen LogP contribution in [0.2, 0.25) is 0 Å². The van der Waals surface area contributed by atoms with Crippen molar-refractivity contribution in [1.82, 2.24) is 4.90 Å². The molecule has 25 heavy (non-hydrogen) atoms. The molecule has 0 aliphatic carbocycles. The van der Waals surface area contributed by atoms with Crippen molar-refractivity contribution < 1.29 is 19.1 Å². The summed E-state index contributed by atoms with van der Waals surface area (Å²) in [6.07, 6.45) is 2.86. The number of amides is 1. The SMILES string of the molecule is COC(=O)C=Cc1ccc(N2CCN(C(=O)OC(C)(C)C)CC2)cc1. The number of benzene rings is 1. The maximum atomic E-state index is 12.1. The van der Waals surface area contributed by atoms with E-state index in [0.717, 1.165) is 24.3 Å². The van der Waals surface area contributed by atoms with Crippen LogP contribution >= 0.6 is 0 Å². The second-order valence-electron chi connectivity index (χ2n) is 6.90. The number of carbonyl (C=O) groups is 2. The van der Waals surface area contributed by atoms with Crippen LogP contribution in [-0.2, 0) is 14.3 Å². The molecule has 0 unspecified atom stereocenters. The molecule has 1 aliphatic rings. The molecule has 2 rings (SSSR count). The number of nitrogens with zero attached hydrogens (tertiary/aromatic N) is 2. The minimum absolute atomic E-state index is 0.254. The van der Waals surface area contributed by atoms with Crippen LogP contribution < -0.4 is 4.90 Å². The van der Waals surface area contributed by atoms with Crippen molar-refractivity contribution in [2.24, 2.45) is 0 Å². The van der Waals surface area contributed by atoms with Gasteiger partial charge in [0.1, 0.15) is 5.60 Å². The summed E-state index contributed by atoms with van der Waals surface area (Å²) in [5, 5.41) is 0. The Morgan fingerprint density at radius 1 is 1.04 bits per heavy atom. The number of carbonyl (C=O) groups excluding carboxylic acids is 2. The van der Waals surface area contributed by atoms with Crippen molar-refractivity contribution in [3.05, 3.63) is 35.9 Å². The number of rotatable bonds is 3. The lowest BCUT2D eigenvalue weighted by molar-refractivity contribution is -0.134. The largest absolute Gasteiger partial charge is 0.466 e.